The van der Waals surface area contributed by atoms with E-state index in [1.807, 2.05) is 54.8 Å². The van der Waals surface area contributed by atoms with Gasteiger partial charge in [0.1, 0.15) is 5.69 Å². The van der Waals surface area contributed by atoms with Crippen LogP contribution in [0, 0.1) is 6.92 Å². The predicted octanol–water partition coefficient (Wildman–Crippen LogP) is 3.37. The Labute approximate surface area is 132 Å². The Morgan fingerprint density at radius 1 is 1.09 bits per heavy atom. The molecule has 4 nitrogen and oxygen atoms in total. The zero-order valence-corrected chi connectivity index (χ0v) is 12.9. The van der Waals surface area contributed by atoms with Gasteiger partial charge >= 0.3 is 0 Å². The molecule has 0 aliphatic heterocycles. The van der Waals surface area contributed by atoms with E-state index >= 15 is 0 Å². The van der Waals surface area contributed by atoms with Crippen molar-refractivity contribution in [3.05, 3.63) is 82.1 Å². The minimum Gasteiger partial charge on any atom is -0.339 e. The van der Waals surface area contributed by atoms with Crippen molar-refractivity contribution in [3.63, 3.8) is 0 Å². The van der Waals surface area contributed by atoms with Gasteiger partial charge in [0, 0.05) is 11.1 Å². The lowest BCUT2D eigenvalue weighted by molar-refractivity contribution is 0.0938. The van der Waals surface area contributed by atoms with E-state index in [9.17, 15) is 4.79 Å². The molecule has 1 aromatic carbocycles. The summed E-state index contributed by atoms with van der Waals surface area (Å²) in [5, 5.41) is 5.04. The van der Waals surface area contributed by atoms with Crippen molar-refractivity contribution in [3.8, 4) is 0 Å². The molecule has 22 heavy (non-hydrogen) atoms. The topological polar surface area (TPSA) is 54.9 Å². The molecule has 0 aliphatic carbocycles. The molecule has 2 heterocycles. The lowest BCUT2D eigenvalue weighted by atomic mass is 10.1. The first-order chi connectivity index (χ1) is 10.7. The molecule has 1 atom stereocenters. The minimum absolute atomic E-state index is 0.184. The fourth-order valence-corrected chi connectivity index (χ4v) is 2.94. The number of amides is 1. The Bertz CT molecular complexity index is 739. The fourth-order valence-electron chi connectivity index (χ4n) is 2.13. The van der Waals surface area contributed by atoms with Crippen LogP contribution in [0.15, 0.2) is 60.2 Å². The number of nitrogens with zero attached hydrogens (tertiary/aromatic N) is 2. The van der Waals surface area contributed by atoms with Gasteiger partial charge in [0.05, 0.1) is 17.9 Å². The highest BCUT2D eigenvalue weighted by atomic mass is 32.1. The van der Waals surface area contributed by atoms with Gasteiger partial charge in [-0.05, 0) is 23.9 Å². The van der Waals surface area contributed by atoms with Crippen LogP contribution in [0.25, 0.3) is 0 Å². The van der Waals surface area contributed by atoms with Crippen molar-refractivity contribution < 1.29 is 4.79 Å². The fraction of sp³-hybridized carbons (Fsp3) is 0.118. The third kappa shape index (κ3) is 3.20. The summed E-state index contributed by atoms with van der Waals surface area (Å²) in [4.78, 5) is 21.8. The van der Waals surface area contributed by atoms with Gasteiger partial charge in [-0.3, -0.25) is 9.78 Å². The molecular weight excluding hydrogens is 294 g/mol. The van der Waals surface area contributed by atoms with Crippen molar-refractivity contribution in [2.75, 3.05) is 0 Å². The second kappa shape index (κ2) is 6.49. The average molecular weight is 309 g/mol. The zero-order chi connectivity index (χ0) is 15.4. The molecule has 0 saturated heterocycles. The van der Waals surface area contributed by atoms with Crippen molar-refractivity contribution in [2.24, 2.45) is 0 Å². The number of nitrogens with one attached hydrogen (secondary N) is 1. The standard InChI is InChI=1S/C17H15N3OS/c1-12-10-19-14(11-18-12)17(21)20-16(15-8-5-9-22-15)13-6-3-2-4-7-13/h2-11,16H,1H3,(H,20,21). The van der Waals surface area contributed by atoms with Crippen molar-refractivity contribution in [2.45, 2.75) is 13.0 Å². The van der Waals surface area contributed by atoms with E-state index in [0.29, 0.717) is 5.69 Å². The van der Waals surface area contributed by atoms with Gasteiger partial charge in [-0.1, -0.05) is 36.4 Å². The summed E-state index contributed by atoms with van der Waals surface area (Å²) in [5.74, 6) is -0.227. The second-order valence-electron chi connectivity index (χ2n) is 4.88. The Kier molecular flexibility index (Phi) is 4.25. The number of thiophene rings is 1. The zero-order valence-electron chi connectivity index (χ0n) is 12.1. The summed E-state index contributed by atoms with van der Waals surface area (Å²) >= 11 is 1.61. The van der Waals surface area contributed by atoms with Crippen LogP contribution in [-0.4, -0.2) is 15.9 Å². The number of aromatic nitrogens is 2. The minimum atomic E-state index is -0.227. The van der Waals surface area contributed by atoms with Crippen LogP contribution < -0.4 is 5.32 Å². The van der Waals surface area contributed by atoms with Gasteiger partial charge in [0.25, 0.3) is 5.91 Å². The van der Waals surface area contributed by atoms with Gasteiger partial charge in [0.15, 0.2) is 0 Å². The number of aryl methyl sites for hydroxylation is 1. The van der Waals surface area contributed by atoms with E-state index in [2.05, 4.69) is 15.3 Å². The first-order valence-corrected chi connectivity index (χ1v) is 7.80. The molecule has 0 aliphatic rings. The van der Waals surface area contributed by atoms with Gasteiger partial charge in [-0.25, -0.2) is 4.98 Å². The summed E-state index contributed by atoms with van der Waals surface area (Å²) in [6, 6.07) is 13.7. The summed E-state index contributed by atoms with van der Waals surface area (Å²) in [6.45, 7) is 1.84. The summed E-state index contributed by atoms with van der Waals surface area (Å²) in [5.41, 5.74) is 2.15. The molecule has 0 saturated carbocycles. The molecule has 1 N–H and O–H groups in total. The molecule has 5 heteroatoms. The Morgan fingerprint density at radius 2 is 1.91 bits per heavy atom. The summed E-state index contributed by atoms with van der Waals surface area (Å²) in [6.07, 6.45) is 3.10. The maximum Gasteiger partial charge on any atom is 0.272 e. The first kappa shape index (κ1) is 14.4. The number of carbonyl (C=O) groups excluding carboxylic acids is 1. The van der Waals surface area contributed by atoms with Crippen LogP contribution in [0.2, 0.25) is 0 Å². The molecule has 2 aromatic heterocycles. The maximum atomic E-state index is 12.4. The lowest BCUT2D eigenvalue weighted by Gasteiger charge is -2.17. The number of hydrogen-bond acceptors (Lipinski definition) is 4. The smallest absolute Gasteiger partial charge is 0.272 e. The molecule has 0 radical (unpaired) electrons. The van der Waals surface area contributed by atoms with E-state index in [0.717, 1.165) is 16.1 Å². The number of carbonyl (C=O) groups is 1. The molecule has 1 unspecified atom stereocenters. The monoisotopic (exact) mass is 309 g/mol. The Morgan fingerprint density at radius 3 is 2.55 bits per heavy atom. The molecule has 0 bridgehead atoms. The molecule has 0 spiro atoms. The molecule has 3 aromatic rings. The van der Waals surface area contributed by atoms with Crippen molar-refractivity contribution in [1.82, 2.24) is 15.3 Å². The van der Waals surface area contributed by atoms with Gasteiger partial charge in [0.2, 0.25) is 0 Å². The quantitative estimate of drug-likeness (QED) is 0.804. The molecule has 0 fully saturated rings. The van der Waals surface area contributed by atoms with Gasteiger partial charge < -0.3 is 5.32 Å². The Hall–Kier alpha value is -2.53. The SMILES string of the molecule is Cc1cnc(C(=O)NC(c2ccccc2)c2cccs2)cn1. The van der Waals surface area contributed by atoms with Crippen molar-refractivity contribution in [1.29, 1.82) is 0 Å². The van der Waals surface area contributed by atoms with E-state index in [4.69, 9.17) is 0 Å². The number of rotatable bonds is 4. The molecule has 3 rings (SSSR count). The van der Waals surface area contributed by atoms with Crippen LogP contribution in [0.5, 0.6) is 0 Å². The molecular formula is C17H15N3OS. The maximum absolute atomic E-state index is 12.4. The summed E-state index contributed by atoms with van der Waals surface area (Å²) in [7, 11) is 0. The van der Waals surface area contributed by atoms with E-state index in [1.54, 1.807) is 17.5 Å². The van der Waals surface area contributed by atoms with Crippen LogP contribution in [0.3, 0.4) is 0 Å². The van der Waals surface area contributed by atoms with E-state index < -0.39 is 0 Å². The molecule has 1 amide bonds. The van der Waals surface area contributed by atoms with Gasteiger partial charge in [-0.15, -0.1) is 11.3 Å². The largest absolute Gasteiger partial charge is 0.339 e. The predicted molar refractivity (Wildman–Crippen MR) is 86.8 cm³/mol. The van der Waals surface area contributed by atoms with Crippen molar-refractivity contribution >= 4 is 17.2 Å². The van der Waals surface area contributed by atoms with E-state index in [-0.39, 0.29) is 11.9 Å². The number of hydrogen-bond donors (Lipinski definition) is 1. The van der Waals surface area contributed by atoms with Gasteiger partial charge in [-0.2, -0.15) is 0 Å². The third-order valence-electron chi connectivity index (χ3n) is 3.25. The number of benzene rings is 1. The summed E-state index contributed by atoms with van der Waals surface area (Å²) < 4.78 is 0. The highest BCUT2D eigenvalue weighted by Gasteiger charge is 2.19. The average Bonchev–Trinajstić information content (AvgIpc) is 3.08. The van der Waals surface area contributed by atoms with Crippen LogP contribution >= 0.6 is 11.3 Å². The highest BCUT2D eigenvalue weighted by Crippen LogP contribution is 2.26. The Balaban J connectivity index is 1.87. The van der Waals surface area contributed by atoms with Crippen LogP contribution in [0.1, 0.15) is 32.7 Å². The normalized spacial score (nSPS) is 11.9. The highest BCUT2D eigenvalue weighted by molar-refractivity contribution is 7.10. The second-order valence-corrected chi connectivity index (χ2v) is 5.85. The van der Waals surface area contributed by atoms with E-state index in [1.165, 1.54) is 6.20 Å². The lowest BCUT2D eigenvalue weighted by Crippen LogP contribution is -2.29. The van der Waals surface area contributed by atoms with Crippen LogP contribution in [0.4, 0.5) is 0 Å². The first-order valence-electron chi connectivity index (χ1n) is 6.92. The van der Waals surface area contributed by atoms with Crippen LogP contribution in [-0.2, 0) is 0 Å². The molecule has 110 valence electrons. The third-order valence-corrected chi connectivity index (χ3v) is 4.19.